The van der Waals surface area contributed by atoms with Gasteiger partial charge in [0.25, 0.3) is 5.91 Å². The van der Waals surface area contributed by atoms with E-state index in [0.717, 1.165) is 24.9 Å². The van der Waals surface area contributed by atoms with Gasteiger partial charge in [-0.15, -0.1) is 0 Å². The Morgan fingerprint density at radius 2 is 2.09 bits per heavy atom. The molecule has 23 heavy (non-hydrogen) atoms. The van der Waals surface area contributed by atoms with Crippen molar-refractivity contribution in [1.82, 2.24) is 4.90 Å². The van der Waals surface area contributed by atoms with Crippen molar-refractivity contribution < 1.29 is 4.79 Å². The minimum Gasteiger partial charge on any atom is -0.293 e. The van der Waals surface area contributed by atoms with Gasteiger partial charge in [-0.05, 0) is 30.0 Å². The van der Waals surface area contributed by atoms with Crippen molar-refractivity contribution in [3.63, 3.8) is 0 Å². The van der Waals surface area contributed by atoms with Gasteiger partial charge in [-0.3, -0.25) is 9.69 Å². The average Bonchev–Trinajstić information content (AvgIpc) is 2.80. The Morgan fingerprint density at radius 1 is 1.35 bits per heavy atom. The van der Waals surface area contributed by atoms with Gasteiger partial charge < -0.3 is 0 Å². The van der Waals surface area contributed by atoms with Crippen LogP contribution in [0.25, 0.3) is 6.08 Å². The highest BCUT2D eigenvalue weighted by molar-refractivity contribution is 8.26. The second-order valence-electron chi connectivity index (χ2n) is 5.73. The molecule has 1 fully saturated rings. The first kappa shape index (κ1) is 18.5. The number of carbonyl (C=O) groups is 1. The third-order valence-corrected chi connectivity index (χ3v) is 5.77. The summed E-state index contributed by atoms with van der Waals surface area (Å²) >= 11 is 13.0. The monoisotopic (exact) mass is 367 g/mol. The van der Waals surface area contributed by atoms with Crippen LogP contribution in [0.2, 0.25) is 5.02 Å². The Kier molecular flexibility index (Phi) is 7.12. The smallest absolute Gasteiger partial charge is 0.266 e. The molecule has 0 saturated carbocycles. The molecule has 0 spiro atoms. The van der Waals surface area contributed by atoms with E-state index in [1.165, 1.54) is 24.6 Å². The molecule has 5 heteroatoms. The Hall–Kier alpha value is -0.840. The van der Waals surface area contributed by atoms with Crippen molar-refractivity contribution in [2.75, 3.05) is 6.54 Å². The van der Waals surface area contributed by atoms with E-state index in [1.807, 2.05) is 30.3 Å². The molecule has 0 unspecified atom stereocenters. The second kappa shape index (κ2) is 8.86. The average molecular weight is 368 g/mol. The number of nitrogens with zero attached hydrogens (tertiary/aromatic N) is 1. The summed E-state index contributed by atoms with van der Waals surface area (Å²) in [6.07, 6.45) is 6.44. The summed E-state index contributed by atoms with van der Waals surface area (Å²) in [7, 11) is 0. The summed E-state index contributed by atoms with van der Waals surface area (Å²) in [5, 5.41) is 0.646. The normalized spacial score (nSPS) is 18.0. The first-order chi connectivity index (χ1) is 11.1. The molecule has 1 atom stereocenters. The van der Waals surface area contributed by atoms with Crippen molar-refractivity contribution in [3.8, 4) is 0 Å². The van der Waals surface area contributed by atoms with E-state index in [1.54, 1.807) is 4.90 Å². The van der Waals surface area contributed by atoms with Crippen molar-refractivity contribution in [1.29, 1.82) is 0 Å². The number of unbranched alkanes of at least 4 members (excludes halogenated alkanes) is 1. The lowest BCUT2D eigenvalue weighted by molar-refractivity contribution is -0.122. The number of benzene rings is 1. The van der Waals surface area contributed by atoms with Gasteiger partial charge in [-0.1, -0.05) is 86.9 Å². The summed E-state index contributed by atoms with van der Waals surface area (Å²) in [5.41, 5.74) is 0.854. The van der Waals surface area contributed by atoms with Gasteiger partial charge in [0.2, 0.25) is 0 Å². The maximum Gasteiger partial charge on any atom is 0.266 e. The van der Waals surface area contributed by atoms with Crippen molar-refractivity contribution in [2.45, 2.75) is 39.5 Å². The molecule has 0 N–H and O–H groups in total. The van der Waals surface area contributed by atoms with Crippen LogP contribution in [0.15, 0.2) is 29.2 Å². The Labute approximate surface area is 153 Å². The Balaban J connectivity index is 2.12. The van der Waals surface area contributed by atoms with Crippen molar-refractivity contribution >= 4 is 51.9 Å². The van der Waals surface area contributed by atoms with Gasteiger partial charge in [0.15, 0.2) is 0 Å². The summed E-state index contributed by atoms with van der Waals surface area (Å²) < 4.78 is 0.656. The van der Waals surface area contributed by atoms with E-state index < -0.39 is 0 Å². The van der Waals surface area contributed by atoms with Crippen LogP contribution in [0.5, 0.6) is 0 Å². The largest absolute Gasteiger partial charge is 0.293 e. The molecule has 0 radical (unpaired) electrons. The van der Waals surface area contributed by atoms with Gasteiger partial charge >= 0.3 is 0 Å². The number of rotatable bonds is 7. The summed E-state index contributed by atoms with van der Waals surface area (Å²) in [6, 6.07) is 7.53. The second-order valence-corrected chi connectivity index (χ2v) is 7.81. The highest BCUT2D eigenvalue weighted by Gasteiger charge is 2.33. The molecule has 0 aromatic heterocycles. The number of thiocarbonyl (C=S) groups is 1. The lowest BCUT2D eigenvalue weighted by Gasteiger charge is -2.21. The standard InChI is InChI=1S/C18H22ClNOS2/c1-3-5-8-13(4-2)12-20-17(21)16(23-18(20)22)11-14-9-6-7-10-15(14)19/h6-7,9-11,13H,3-5,8,12H2,1-2H3/b16-11+/t13-/m0/s1. The zero-order valence-corrected chi connectivity index (χ0v) is 15.9. The van der Waals surface area contributed by atoms with Crippen LogP contribution in [-0.4, -0.2) is 21.7 Å². The number of thioether (sulfide) groups is 1. The molecule has 0 aliphatic carbocycles. The molecule has 0 bridgehead atoms. The SMILES string of the molecule is CCCC[C@H](CC)CN1C(=O)/C(=C\c2ccccc2Cl)SC1=S. The molecule has 1 aromatic rings. The molecule has 1 saturated heterocycles. The first-order valence-electron chi connectivity index (χ1n) is 8.06. The van der Waals surface area contributed by atoms with E-state index in [2.05, 4.69) is 13.8 Å². The lowest BCUT2D eigenvalue weighted by atomic mass is 9.99. The highest BCUT2D eigenvalue weighted by Crippen LogP contribution is 2.34. The Morgan fingerprint density at radius 3 is 2.74 bits per heavy atom. The van der Waals surface area contributed by atoms with Crippen LogP contribution < -0.4 is 0 Å². The van der Waals surface area contributed by atoms with Crippen LogP contribution in [0.3, 0.4) is 0 Å². The zero-order valence-electron chi connectivity index (χ0n) is 13.5. The maximum atomic E-state index is 12.7. The van der Waals surface area contributed by atoms with E-state index in [9.17, 15) is 4.79 Å². The quantitative estimate of drug-likeness (QED) is 0.451. The first-order valence-corrected chi connectivity index (χ1v) is 9.67. The molecule has 2 rings (SSSR count). The third-order valence-electron chi connectivity index (χ3n) is 4.05. The highest BCUT2D eigenvalue weighted by atomic mass is 35.5. The summed E-state index contributed by atoms with van der Waals surface area (Å²) in [4.78, 5) is 15.1. The summed E-state index contributed by atoms with van der Waals surface area (Å²) in [5.74, 6) is 0.520. The number of halogens is 1. The molecule has 2 nitrogen and oxygen atoms in total. The van der Waals surface area contributed by atoms with Crippen LogP contribution in [0.4, 0.5) is 0 Å². The predicted molar refractivity (Wildman–Crippen MR) is 105 cm³/mol. The lowest BCUT2D eigenvalue weighted by Crippen LogP contribution is -2.33. The Bertz CT molecular complexity index is 615. The van der Waals surface area contributed by atoms with Gasteiger partial charge in [0.05, 0.1) is 4.91 Å². The molecule has 1 heterocycles. The van der Waals surface area contributed by atoms with Gasteiger partial charge in [-0.25, -0.2) is 0 Å². The van der Waals surface area contributed by atoms with Crippen LogP contribution >= 0.6 is 35.6 Å². The van der Waals surface area contributed by atoms with Crippen LogP contribution in [-0.2, 0) is 4.79 Å². The molecule has 1 aliphatic rings. The van der Waals surface area contributed by atoms with E-state index in [4.69, 9.17) is 23.8 Å². The number of hydrogen-bond donors (Lipinski definition) is 0. The maximum absolute atomic E-state index is 12.7. The minimum absolute atomic E-state index is 0.00914. The van der Waals surface area contributed by atoms with Gasteiger partial charge in [0, 0.05) is 11.6 Å². The number of hydrogen-bond acceptors (Lipinski definition) is 3. The molecule has 1 aliphatic heterocycles. The fraction of sp³-hybridized carbons (Fsp3) is 0.444. The van der Waals surface area contributed by atoms with Crippen LogP contribution in [0.1, 0.15) is 45.1 Å². The van der Waals surface area contributed by atoms with Crippen LogP contribution in [0, 0.1) is 5.92 Å². The number of carbonyl (C=O) groups excluding carboxylic acids is 1. The zero-order chi connectivity index (χ0) is 16.8. The molecule has 1 amide bonds. The summed E-state index contributed by atoms with van der Waals surface area (Å²) in [6.45, 7) is 5.09. The fourth-order valence-electron chi connectivity index (χ4n) is 2.57. The molecule has 124 valence electrons. The third kappa shape index (κ3) is 4.82. The van der Waals surface area contributed by atoms with Crippen molar-refractivity contribution in [3.05, 3.63) is 39.8 Å². The fourth-order valence-corrected chi connectivity index (χ4v) is 4.02. The molecular formula is C18H22ClNOS2. The molecule has 1 aromatic carbocycles. The minimum atomic E-state index is 0.00914. The van der Waals surface area contributed by atoms with E-state index in [-0.39, 0.29) is 5.91 Å². The number of amides is 1. The van der Waals surface area contributed by atoms with Gasteiger partial charge in [0.1, 0.15) is 4.32 Å². The van der Waals surface area contributed by atoms with Gasteiger partial charge in [-0.2, -0.15) is 0 Å². The molecular weight excluding hydrogens is 346 g/mol. The predicted octanol–water partition coefficient (Wildman–Crippen LogP) is 5.76. The van der Waals surface area contributed by atoms with E-state index >= 15 is 0 Å². The van der Waals surface area contributed by atoms with Crippen molar-refractivity contribution in [2.24, 2.45) is 5.92 Å². The topological polar surface area (TPSA) is 20.3 Å². The van der Waals surface area contributed by atoms with E-state index in [0.29, 0.717) is 20.2 Å².